The summed E-state index contributed by atoms with van der Waals surface area (Å²) < 4.78 is 19.7. The minimum absolute atomic E-state index is 0.0497. The molecule has 1 N–H and O–H groups in total. The molecule has 2 atom stereocenters. The fourth-order valence-electron chi connectivity index (χ4n) is 2.93. The SMILES string of the molecule is CCCNC(c1cc(C)cc(F)c1)C1CN(CC)CCO1. The third-order valence-electron chi connectivity index (χ3n) is 4.03. The number of morpholine rings is 1. The normalized spacial score (nSPS) is 21.4. The van der Waals surface area contributed by atoms with E-state index in [9.17, 15) is 4.39 Å². The Morgan fingerprint density at radius 1 is 1.38 bits per heavy atom. The topological polar surface area (TPSA) is 24.5 Å². The van der Waals surface area contributed by atoms with Crippen molar-refractivity contribution in [2.24, 2.45) is 0 Å². The van der Waals surface area contributed by atoms with Gasteiger partial charge < -0.3 is 10.1 Å². The lowest BCUT2D eigenvalue weighted by molar-refractivity contribution is -0.0456. The number of benzene rings is 1. The second kappa shape index (κ2) is 7.87. The first kappa shape index (κ1) is 16.4. The van der Waals surface area contributed by atoms with Crippen molar-refractivity contribution in [1.82, 2.24) is 10.2 Å². The molecular formula is C17H27FN2O. The number of halogens is 1. The second-order valence-corrected chi connectivity index (χ2v) is 5.80. The van der Waals surface area contributed by atoms with Crippen LogP contribution in [0.2, 0.25) is 0 Å². The molecule has 0 aromatic heterocycles. The molecule has 1 aliphatic heterocycles. The molecule has 1 saturated heterocycles. The lowest BCUT2D eigenvalue weighted by Gasteiger charge is -2.37. The average molecular weight is 294 g/mol. The van der Waals surface area contributed by atoms with Crippen molar-refractivity contribution in [3.63, 3.8) is 0 Å². The van der Waals surface area contributed by atoms with Crippen molar-refractivity contribution in [2.45, 2.75) is 39.3 Å². The molecule has 4 heteroatoms. The molecule has 0 aliphatic carbocycles. The minimum atomic E-state index is -0.170. The highest BCUT2D eigenvalue weighted by Crippen LogP contribution is 2.24. The zero-order chi connectivity index (χ0) is 15.2. The Hall–Kier alpha value is -0.970. The van der Waals surface area contributed by atoms with Gasteiger partial charge in [0.05, 0.1) is 18.8 Å². The molecule has 1 aliphatic rings. The van der Waals surface area contributed by atoms with Gasteiger partial charge in [0.15, 0.2) is 0 Å². The van der Waals surface area contributed by atoms with Crippen LogP contribution in [0.1, 0.15) is 37.4 Å². The Bertz CT molecular complexity index is 432. The number of nitrogens with zero attached hydrogens (tertiary/aromatic N) is 1. The van der Waals surface area contributed by atoms with Crippen LogP contribution >= 0.6 is 0 Å². The van der Waals surface area contributed by atoms with Crippen LogP contribution in [-0.2, 0) is 4.74 Å². The molecule has 2 unspecified atom stereocenters. The van der Waals surface area contributed by atoms with Gasteiger partial charge in [-0.2, -0.15) is 0 Å². The largest absolute Gasteiger partial charge is 0.374 e. The maximum atomic E-state index is 13.7. The van der Waals surface area contributed by atoms with Gasteiger partial charge in [0, 0.05) is 13.1 Å². The van der Waals surface area contributed by atoms with E-state index in [-0.39, 0.29) is 18.0 Å². The zero-order valence-corrected chi connectivity index (χ0v) is 13.4. The molecule has 2 rings (SSSR count). The highest BCUT2D eigenvalue weighted by Gasteiger charge is 2.28. The fourth-order valence-corrected chi connectivity index (χ4v) is 2.93. The van der Waals surface area contributed by atoms with Crippen LogP contribution in [0.15, 0.2) is 18.2 Å². The summed E-state index contributed by atoms with van der Waals surface area (Å²) in [4.78, 5) is 2.39. The van der Waals surface area contributed by atoms with Crippen LogP contribution in [0.4, 0.5) is 4.39 Å². The quantitative estimate of drug-likeness (QED) is 0.873. The predicted octanol–water partition coefficient (Wildman–Crippen LogP) is 2.90. The Balaban J connectivity index is 2.20. The lowest BCUT2D eigenvalue weighted by Crippen LogP contribution is -2.48. The number of aryl methyl sites for hydroxylation is 1. The third kappa shape index (κ3) is 4.50. The van der Waals surface area contributed by atoms with Crippen LogP contribution in [0.3, 0.4) is 0 Å². The Morgan fingerprint density at radius 2 is 2.19 bits per heavy atom. The van der Waals surface area contributed by atoms with Crippen LogP contribution in [0, 0.1) is 12.7 Å². The van der Waals surface area contributed by atoms with Crippen LogP contribution in [-0.4, -0.2) is 43.8 Å². The molecule has 118 valence electrons. The molecule has 1 heterocycles. The van der Waals surface area contributed by atoms with Crippen LogP contribution < -0.4 is 5.32 Å². The van der Waals surface area contributed by atoms with E-state index in [0.717, 1.165) is 50.3 Å². The highest BCUT2D eigenvalue weighted by molar-refractivity contribution is 5.27. The van der Waals surface area contributed by atoms with Crippen molar-refractivity contribution in [2.75, 3.05) is 32.8 Å². The van der Waals surface area contributed by atoms with Gasteiger partial charge in [-0.15, -0.1) is 0 Å². The lowest BCUT2D eigenvalue weighted by atomic mass is 9.98. The van der Waals surface area contributed by atoms with Gasteiger partial charge in [-0.3, -0.25) is 4.90 Å². The molecule has 0 bridgehead atoms. The molecule has 21 heavy (non-hydrogen) atoms. The van der Waals surface area contributed by atoms with Crippen molar-refractivity contribution < 1.29 is 9.13 Å². The maximum Gasteiger partial charge on any atom is 0.123 e. The van der Waals surface area contributed by atoms with Gasteiger partial charge in [0.2, 0.25) is 0 Å². The van der Waals surface area contributed by atoms with E-state index in [1.165, 1.54) is 0 Å². The van der Waals surface area contributed by atoms with E-state index in [1.807, 2.05) is 6.92 Å². The first-order valence-corrected chi connectivity index (χ1v) is 7.98. The molecular weight excluding hydrogens is 267 g/mol. The van der Waals surface area contributed by atoms with Gasteiger partial charge in [0.25, 0.3) is 0 Å². The summed E-state index contributed by atoms with van der Waals surface area (Å²) in [6, 6.07) is 5.31. The van der Waals surface area contributed by atoms with Gasteiger partial charge in [-0.05, 0) is 49.7 Å². The van der Waals surface area contributed by atoms with E-state index >= 15 is 0 Å². The number of nitrogens with one attached hydrogen (secondary N) is 1. The number of ether oxygens (including phenoxy) is 1. The molecule has 0 saturated carbocycles. The first-order chi connectivity index (χ1) is 10.1. The van der Waals surface area contributed by atoms with Gasteiger partial charge in [-0.1, -0.05) is 19.9 Å². The first-order valence-electron chi connectivity index (χ1n) is 7.98. The smallest absolute Gasteiger partial charge is 0.123 e. The highest BCUT2D eigenvalue weighted by atomic mass is 19.1. The van der Waals surface area contributed by atoms with Gasteiger partial charge in [-0.25, -0.2) is 4.39 Å². The third-order valence-corrected chi connectivity index (χ3v) is 4.03. The standard InChI is InChI=1S/C17H27FN2O/c1-4-6-19-17(14-9-13(3)10-15(18)11-14)16-12-20(5-2)7-8-21-16/h9-11,16-17,19H,4-8,12H2,1-3H3. The fraction of sp³-hybridized carbons (Fsp3) is 0.647. The Labute approximate surface area is 127 Å². The minimum Gasteiger partial charge on any atom is -0.374 e. The summed E-state index contributed by atoms with van der Waals surface area (Å²) in [5, 5.41) is 3.54. The maximum absolute atomic E-state index is 13.7. The Kier molecular flexibility index (Phi) is 6.15. The van der Waals surface area contributed by atoms with Crippen molar-refractivity contribution in [3.8, 4) is 0 Å². The number of likely N-dealkylation sites (N-methyl/N-ethyl adjacent to an activating group) is 1. The molecule has 3 nitrogen and oxygen atoms in total. The summed E-state index contributed by atoms with van der Waals surface area (Å²) >= 11 is 0. The summed E-state index contributed by atoms with van der Waals surface area (Å²) in [5.41, 5.74) is 1.94. The number of hydrogen-bond acceptors (Lipinski definition) is 3. The van der Waals surface area contributed by atoms with Crippen molar-refractivity contribution in [1.29, 1.82) is 0 Å². The van der Waals surface area contributed by atoms with E-state index in [2.05, 4.69) is 30.1 Å². The molecule has 0 amide bonds. The Morgan fingerprint density at radius 3 is 2.86 bits per heavy atom. The van der Waals surface area contributed by atoms with Crippen LogP contribution in [0.5, 0.6) is 0 Å². The second-order valence-electron chi connectivity index (χ2n) is 5.80. The monoisotopic (exact) mass is 294 g/mol. The van der Waals surface area contributed by atoms with Crippen molar-refractivity contribution >= 4 is 0 Å². The van der Waals surface area contributed by atoms with Gasteiger partial charge in [0.1, 0.15) is 5.82 Å². The van der Waals surface area contributed by atoms with E-state index in [0.29, 0.717) is 0 Å². The zero-order valence-electron chi connectivity index (χ0n) is 13.4. The van der Waals surface area contributed by atoms with E-state index in [1.54, 1.807) is 12.1 Å². The molecule has 1 aromatic rings. The number of hydrogen-bond donors (Lipinski definition) is 1. The molecule has 0 radical (unpaired) electrons. The molecule has 0 spiro atoms. The van der Waals surface area contributed by atoms with E-state index in [4.69, 9.17) is 4.74 Å². The van der Waals surface area contributed by atoms with Gasteiger partial charge >= 0.3 is 0 Å². The average Bonchev–Trinajstić information content (AvgIpc) is 2.47. The predicted molar refractivity (Wildman–Crippen MR) is 84.0 cm³/mol. The summed E-state index contributed by atoms with van der Waals surface area (Å²) in [6.45, 7) is 10.8. The summed E-state index contributed by atoms with van der Waals surface area (Å²) in [5.74, 6) is -0.170. The van der Waals surface area contributed by atoms with Crippen LogP contribution in [0.25, 0.3) is 0 Å². The molecule has 1 aromatic carbocycles. The summed E-state index contributed by atoms with van der Waals surface area (Å²) in [7, 11) is 0. The molecule has 1 fully saturated rings. The van der Waals surface area contributed by atoms with E-state index < -0.39 is 0 Å². The summed E-state index contributed by atoms with van der Waals surface area (Å²) in [6.07, 6.45) is 1.13. The number of rotatable bonds is 6. The van der Waals surface area contributed by atoms with Crippen molar-refractivity contribution in [3.05, 3.63) is 35.1 Å².